The van der Waals surface area contributed by atoms with Crippen LogP contribution < -0.4 is 15.4 Å². The van der Waals surface area contributed by atoms with Gasteiger partial charge >= 0.3 is 0 Å². The lowest BCUT2D eigenvalue weighted by molar-refractivity contribution is -0.115. The normalized spacial score (nSPS) is 10.9. The number of halogens is 2. The van der Waals surface area contributed by atoms with Crippen molar-refractivity contribution in [2.24, 2.45) is 0 Å². The number of nitrogens with one attached hydrogen (secondary N) is 3. The summed E-state index contributed by atoms with van der Waals surface area (Å²) < 4.78 is 27.9. The van der Waals surface area contributed by atoms with Gasteiger partial charge in [-0.2, -0.15) is 0 Å². The van der Waals surface area contributed by atoms with Crippen molar-refractivity contribution in [2.45, 2.75) is 4.90 Å². The molecule has 0 aromatic heterocycles. The molecule has 0 saturated carbocycles. The van der Waals surface area contributed by atoms with Crippen LogP contribution in [0.2, 0.25) is 10.0 Å². The van der Waals surface area contributed by atoms with Crippen LogP contribution in [0, 0.1) is 0 Å². The zero-order valence-electron chi connectivity index (χ0n) is 15.9. The van der Waals surface area contributed by atoms with Crippen molar-refractivity contribution in [3.8, 4) is 0 Å². The van der Waals surface area contributed by atoms with Crippen LogP contribution in [-0.2, 0) is 14.8 Å². The predicted octanol–water partition coefficient (Wildman–Crippen LogP) is 4.16. The third-order valence-electron chi connectivity index (χ3n) is 4.07. The highest BCUT2D eigenvalue weighted by atomic mass is 35.5. The highest BCUT2D eigenvalue weighted by Crippen LogP contribution is 2.29. The summed E-state index contributed by atoms with van der Waals surface area (Å²) in [5, 5.41) is 5.22. The number of carbonyl (C=O) groups excluding carboxylic acids is 2. The molecule has 3 rings (SSSR count). The minimum absolute atomic E-state index is 0.0325. The Labute approximate surface area is 189 Å². The van der Waals surface area contributed by atoms with E-state index in [1.165, 1.54) is 24.3 Å². The predicted molar refractivity (Wildman–Crippen MR) is 121 cm³/mol. The summed E-state index contributed by atoms with van der Waals surface area (Å²) in [6.07, 6.45) is 0. The lowest BCUT2D eigenvalue weighted by Crippen LogP contribution is -2.32. The highest BCUT2D eigenvalue weighted by molar-refractivity contribution is 7.92. The van der Waals surface area contributed by atoms with Crippen molar-refractivity contribution in [3.05, 3.63) is 88.4 Å². The molecule has 3 aromatic carbocycles. The Bertz CT molecular complexity index is 1220. The smallest absolute Gasteiger partial charge is 0.263 e. The van der Waals surface area contributed by atoms with Gasteiger partial charge in [0.25, 0.3) is 15.9 Å². The number of rotatable bonds is 7. The van der Waals surface area contributed by atoms with Crippen LogP contribution in [0.5, 0.6) is 0 Å². The van der Waals surface area contributed by atoms with Crippen molar-refractivity contribution >= 4 is 56.4 Å². The van der Waals surface area contributed by atoms with E-state index in [1.807, 2.05) is 0 Å². The van der Waals surface area contributed by atoms with Crippen LogP contribution in [0.15, 0.2) is 77.7 Å². The van der Waals surface area contributed by atoms with E-state index < -0.39 is 21.8 Å². The lowest BCUT2D eigenvalue weighted by atomic mass is 10.2. The first-order chi connectivity index (χ1) is 14.8. The van der Waals surface area contributed by atoms with Crippen LogP contribution in [-0.4, -0.2) is 26.8 Å². The number of para-hydroxylation sites is 1. The monoisotopic (exact) mass is 477 g/mol. The molecule has 31 heavy (non-hydrogen) atoms. The molecule has 0 heterocycles. The van der Waals surface area contributed by atoms with E-state index in [2.05, 4.69) is 15.4 Å². The summed E-state index contributed by atoms with van der Waals surface area (Å²) in [6.45, 7) is -0.295. The van der Waals surface area contributed by atoms with Gasteiger partial charge < -0.3 is 10.6 Å². The molecule has 3 N–H and O–H groups in total. The van der Waals surface area contributed by atoms with Gasteiger partial charge in [-0.25, -0.2) is 8.42 Å². The molecule has 2 amide bonds. The largest absolute Gasteiger partial charge is 0.343 e. The standard InChI is InChI=1S/C21H17Cl2N3O4S/c22-16-8-4-5-9-18(16)26-31(29,30)19-12-15(10-11-17(19)23)25-20(27)13-24-21(28)14-6-2-1-3-7-14/h1-12,26H,13H2,(H,24,28)(H,25,27). The van der Waals surface area contributed by atoms with Gasteiger partial charge in [0.2, 0.25) is 5.91 Å². The summed E-state index contributed by atoms with van der Waals surface area (Å²) in [5.41, 5.74) is 0.807. The van der Waals surface area contributed by atoms with Crippen molar-refractivity contribution in [2.75, 3.05) is 16.6 Å². The molecule has 0 saturated heterocycles. The van der Waals surface area contributed by atoms with Gasteiger partial charge in [0.15, 0.2) is 0 Å². The molecule has 0 aliphatic heterocycles. The Morgan fingerprint density at radius 3 is 2.23 bits per heavy atom. The van der Waals surface area contributed by atoms with Crippen LogP contribution >= 0.6 is 23.2 Å². The average Bonchev–Trinajstić information content (AvgIpc) is 2.75. The van der Waals surface area contributed by atoms with Crippen molar-refractivity contribution in [1.29, 1.82) is 0 Å². The van der Waals surface area contributed by atoms with E-state index in [0.717, 1.165) is 0 Å². The van der Waals surface area contributed by atoms with Gasteiger partial charge in [-0.3, -0.25) is 14.3 Å². The minimum atomic E-state index is -4.07. The first-order valence-corrected chi connectivity index (χ1v) is 11.2. The van der Waals surface area contributed by atoms with Gasteiger partial charge in [-0.15, -0.1) is 0 Å². The van der Waals surface area contributed by atoms with Crippen molar-refractivity contribution < 1.29 is 18.0 Å². The number of benzene rings is 3. The van der Waals surface area contributed by atoms with E-state index in [1.54, 1.807) is 48.5 Å². The van der Waals surface area contributed by atoms with E-state index in [-0.39, 0.29) is 32.9 Å². The van der Waals surface area contributed by atoms with Crippen LogP contribution in [0.25, 0.3) is 0 Å². The molecule has 10 heteroatoms. The first-order valence-electron chi connectivity index (χ1n) is 8.96. The Morgan fingerprint density at radius 1 is 0.839 bits per heavy atom. The third-order valence-corrected chi connectivity index (χ3v) is 6.24. The summed E-state index contributed by atoms with van der Waals surface area (Å²) in [7, 11) is -4.07. The molecule has 0 bridgehead atoms. The average molecular weight is 478 g/mol. The Morgan fingerprint density at radius 2 is 1.52 bits per heavy atom. The van der Waals surface area contributed by atoms with Gasteiger partial charge in [0.1, 0.15) is 4.90 Å². The molecule has 0 fully saturated rings. The second-order valence-electron chi connectivity index (χ2n) is 6.33. The van der Waals surface area contributed by atoms with E-state index in [4.69, 9.17) is 23.2 Å². The summed E-state index contributed by atoms with van der Waals surface area (Å²) in [6, 6.07) is 18.8. The van der Waals surface area contributed by atoms with Crippen LogP contribution in [0.4, 0.5) is 11.4 Å². The molecular weight excluding hydrogens is 461 g/mol. The molecule has 0 unspecified atom stereocenters. The zero-order chi connectivity index (χ0) is 22.4. The molecule has 0 atom stereocenters. The second-order valence-corrected chi connectivity index (χ2v) is 8.79. The van der Waals surface area contributed by atoms with E-state index in [0.29, 0.717) is 5.56 Å². The summed E-state index contributed by atoms with van der Waals surface area (Å²) in [5.74, 6) is -0.937. The number of anilines is 2. The number of carbonyl (C=O) groups is 2. The Hall–Kier alpha value is -3.07. The van der Waals surface area contributed by atoms with Gasteiger partial charge in [0, 0.05) is 11.3 Å². The van der Waals surface area contributed by atoms with Crippen molar-refractivity contribution in [1.82, 2.24) is 5.32 Å². The van der Waals surface area contributed by atoms with Crippen molar-refractivity contribution in [3.63, 3.8) is 0 Å². The maximum atomic E-state index is 12.8. The summed E-state index contributed by atoms with van der Waals surface area (Å²) in [4.78, 5) is 24.0. The van der Waals surface area contributed by atoms with Gasteiger partial charge in [-0.05, 0) is 42.5 Å². The maximum absolute atomic E-state index is 12.8. The fraction of sp³-hybridized carbons (Fsp3) is 0.0476. The number of sulfonamides is 1. The zero-order valence-corrected chi connectivity index (χ0v) is 18.3. The highest BCUT2D eigenvalue weighted by Gasteiger charge is 2.20. The Kier molecular flexibility index (Phi) is 7.17. The topological polar surface area (TPSA) is 104 Å². The lowest BCUT2D eigenvalue weighted by Gasteiger charge is -2.13. The minimum Gasteiger partial charge on any atom is -0.343 e. The molecular formula is C21H17Cl2N3O4S. The SMILES string of the molecule is O=C(CNC(=O)c1ccccc1)Nc1ccc(Cl)c(S(=O)(=O)Nc2ccccc2Cl)c1. The second kappa shape index (κ2) is 9.82. The molecule has 7 nitrogen and oxygen atoms in total. The quantitative estimate of drug-likeness (QED) is 0.474. The van der Waals surface area contributed by atoms with E-state index >= 15 is 0 Å². The molecule has 3 aromatic rings. The fourth-order valence-electron chi connectivity index (χ4n) is 2.59. The van der Waals surface area contributed by atoms with Gasteiger partial charge in [0.05, 0.1) is 22.3 Å². The molecule has 0 aliphatic rings. The van der Waals surface area contributed by atoms with E-state index in [9.17, 15) is 18.0 Å². The number of hydrogen-bond donors (Lipinski definition) is 3. The molecule has 0 spiro atoms. The molecule has 0 radical (unpaired) electrons. The van der Waals surface area contributed by atoms with Crippen LogP contribution in [0.1, 0.15) is 10.4 Å². The fourth-order valence-corrected chi connectivity index (χ4v) is 4.43. The molecule has 160 valence electrons. The molecule has 0 aliphatic carbocycles. The number of hydrogen-bond acceptors (Lipinski definition) is 4. The van der Waals surface area contributed by atoms with Crippen LogP contribution in [0.3, 0.4) is 0 Å². The van der Waals surface area contributed by atoms with Gasteiger partial charge in [-0.1, -0.05) is 53.5 Å². The first kappa shape index (κ1) is 22.6. The third kappa shape index (κ3) is 5.97. The summed E-state index contributed by atoms with van der Waals surface area (Å²) >= 11 is 12.1. The Balaban J connectivity index is 1.69. The number of amides is 2. The maximum Gasteiger partial charge on any atom is 0.263 e.